The van der Waals surface area contributed by atoms with Crippen LogP contribution in [0.15, 0.2) is 53.2 Å². The summed E-state index contributed by atoms with van der Waals surface area (Å²) >= 11 is 0. The number of hydrogen-bond donors (Lipinski definition) is 0. The molecule has 0 radical (unpaired) electrons. The van der Waals surface area contributed by atoms with Crippen LogP contribution in [0.1, 0.15) is 13.3 Å². The molecule has 0 heterocycles. The Labute approximate surface area is 92.4 Å². The van der Waals surface area contributed by atoms with Gasteiger partial charge in [0.25, 0.3) is 0 Å². The zero-order valence-electron chi connectivity index (χ0n) is 9.52. The number of allylic oxidation sites excluding steroid dienone is 6. The van der Waals surface area contributed by atoms with Crippen LogP contribution < -0.4 is 0 Å². The summed E-state index contributed by atoms with van der Waals surface area (Å²) in [7, 11) is 1.70. The molecule has 0 aromatic carbocycles. The molecule has 0 bridgehead atoms. The van der Waals surface area contributed by atoms with Gasteiger partial charge in [0.2, 0.25) is 0 Å². The average molecular weight is 205 g/mol. The molecule has 2 nitrogen and oxygen atoms in total. The van der Waals surface area contributed by atoms with Crippen molar-refractivity contribution in [2.24, 2.45) is 4.99 Å². The molecule has 0 atom stereocenters. The Hall–Kier alpha value is -1.41. The van der Waals surface area contributed by atoms with Gasteiger partial charge in [0.1, 0.15) is 0 Å². The van der Waals surface area contributed by atoms with Crippen LogP contribution in [0.5, 0.6) is 0 Å². The number of nitrogens with zero attached hydrogens (tertiary/aromatic N) is 1. The smallest absolute Gasteiger partial charge is 0.0496 e. The van der Waals surface area contributed by atoms with Crippen LogP contribution in [0, 0.1) is 0 Å². The third kappa shape index (κ3) is 8.91. The third-order valence-corrected chi connectivity index (χ3v) is 1.63. The summed E-state index contributed by atoms with van der Waals surface area (Å²) in [5.74, 6) is 0. The lowest BCUT2D eigenvalue weighted by Gasteiger charge is -1.92. The van der Waals surface area contributed by atoms with E-state index in [2.05, 4.69) is 17.8 Å². The van der Waals surface area contributed by atoms with Crippen molar-refractivity contribution in [3.63, 3.8) is 0 Å². The Balaban J connectivity index is 4.22. The van der Waals surface area contributed by atoms with Crippen molar-refractivity contribution in [1.82, 2.24) is 0 Å². The highest BCUT2D eigenvalue weighted by Gasteiger charge is 1.83. The SMILES string of the molecule is C=N/C=C(/C=C\C=C/C)\C=C/CCOC. The highest BCUT2D eigenvalue weighted by Crippen LogP contribution is 2.01. The molecule has 0 fully saturated rings. The molecule has 0 aromatic heterocycles. The van der Waals surface area contributed by atoms with Crippen LogP contribution in [0.4, 0.5) is 0 Å². The van der Waals surface area contributed by atoms with Crippen LogP contribution in [0.2, 0.25) is 0 Å². The summed E-state index contributed by atoms with van der Waals surface area (Å²) in [6, 6.07) is 0. The van der Waals surface area contributed by atoms with Gasteiger partial charge >= 0.3 is 0 Å². The second kappa shape index (κ2) is 10.7. The van der Waals surface area contributed by atoms with Gasteiger partial charge < -0.3 is 4.74 Å². The molecule has 0 spiro atoms. The molecule has 0 rings (SSSR count). The van der Waals surface area contributed by atoms with E-state index in [1.54, 1.807) is 13.3 Å². The summed E-state index contributed by atoms with van der Waals surface area (Å²) in [6.45, 7) is 6.16. The van der Waals surface area contributed by atoms with Gasteiger partial charge in [0, 0.05) is 19.9 Å². The zero-order chi connectivity index (χ0) is 11.4. The predicted octanol–water partition coefficient (Wildman–Crippen LogP) is 3.30. The molecular weight excluding hydrogens is 186 g/mol. The van der Waals surface area contributed by atoms with Gasteiger partial charge in [-0.1, -0.05) is 36.5 Å². The van der Waals surface area contributed by atoms with E-state index in [1.807, 2.05) is 37.3 Å². The molecule has 0 saturated carbocycles. The first-order valence-electron chi connectivity index (χ1n) is 4.96. The largest absolute Gasteiger partial charge is 0.384 e. The van der Waals surface area contributed by atoms with E-state index >= 15 is 0 Å². The van der Waals surface area contributed by atoms with E-state index in [1.165, 1.54) is 0 Å². The first kappa shape index (κ1) is 13.6. The zero-order valence-corrected chi connectivity index (χ0v) is 9.52. The summed E-state index contributed by atoms with van der Waals surface area (Å²) < 4.78 is 4.95. The minimum absolute atomic E-state index is 0.740. The van der Waals surface area contributed by atoms with Crippen molar-refractivity contribution in [1.29, 1.82) is 0 Å². The number of methoxy groups -OCH3 is 1. The number of aliphatic imine (C=N–C) groups is 1. The molecule has 0 aromatic rings. The predicted molar refractivity (Wildman–Crippen MR) is 67.2 cm³/mol. The van der Waals surface area contributed by atoms with Crippen molar-refractivity contribution in [2.75, 3.05) is 13.7 Å². The minimum Gasteiger partial charge on any atom is -0.384 e. The van der Waals surface area contributed by atoms with Crippen molar-refractivity contribution >= 4 is 6.72 Å². The summed E-state index contributed by atoms with van der Waals surface area (Å²) in [5, 5.41) is 0. The third-order valence-electron chi connectivity index (χ3n) is 1.63. The molecule has 0 N–H and O–H groups in total. The molecule has 0 saturated heterocycles. The van der Waals surface area contributed by atoms with Gasteiger partial charge in [-0.2, -0.15) is 0 Å². The molecule has 82 valence electrons. The Morgan fingerprint density at radius 1 is 1.33 bits per heavy atom. The second-order valence-corrected chi connectivity index (χ2v) is 2.88. The van der Waals surface area contributed by atoms with Crippen LogP contribution in [0.25, 0.3) is 0 Å². The van der Waals surface area contributed by atoms with Crippen LogP contribution in [-0.2, 0) is 4.74 Å². The number of hydrogen-bond acceptors (Lipinski definition) is 2. The maximum atomic E-state index is 4.95. The summed E-state index contributed by atoms with van der Waals surface area (Å²) in [5.41, 5.74) is 1.03. The second-order valence-electron chi connectivity index (χ2n) is 2.88. The Morgan fingerprint density at radius 2 is 2.13 bits per heavy atom. The average Bonchev–Trinajstić information content (AvgIpc) is 2.24. The van der Waals surface area contributed by atoms with E-state index in [0.29, 0.717) is 0 Å². The Bertz CT molecular complexity index is 272. The maximum Gasteiger partial charge on any atom is 0.0496 e. The molecular formula is C13H19NO. The fourth-order valence-corrected chi connectivity index (χ4v) is 0.930. The topological polar surface area (TPSA) is 21.6 Å². The Kier molecular flexibility index (Phi) is 9.67. The first-order chi connectivity index (χ1) is 7.35. The minimum atomic E-state index is 0.740. The first-order valence-corrected chi connectivity index (χ1v) is 4.96. The number of rotatable bonds is 7. The molecule has 0 unspecified atom stereocenters. The maximum absolute atomic E-state index is 4.95. The molecule has 0 aliphatic heterocycles. The van der Waals surface area contributed by atoms with Gasteiger partial charge in [-0.15, -0.1) is 0 Å². The van der Waals surface area contributed by atoms with E-state index in [9.17, 15) is 0 Å². The quantitative estimate of drug-likeness (QED) is 0.355. The molecule has 0 amide bonds. The van der Waals surface area contributed by atoms with Crippen LogP contribution in [-0.4, -0.2) is 20.4 Å². The fourth-order valence-electron chi connectivity index (χ4n) is 0.930. The monoisotopic (exact) mass is 205 g/mol. The van der Waals surface area contributed by atoms with E-state index < -0.39 is 0 Å². The van der Waals surface area contributed by atoms with Gasteiger partial charge in [0.15, 0.2) is 0 Å². The van der Waals surface area contributed by atoms with Crippen molar-refractivity contribution in [3.8, 4) is 0 Å². The normalized spacial score (nSPS) is 13.3. The lowest BCUT2D eigenvalue weighted by Crippen LogP contribution is -1.83. The van der Waals surface area contributed by atoms with Gasteiger partial charge in [-0.05, 0) is 25.6 Å². The van der Waals surface area contributed by atoms with Crippen molar-refractivity contribution in [2.45, 2.75) is 13.3 Å². The summed E-state index contributed by atoms with van der Waals surface area (Å²) in [4.78, 5) is 3.74. The van der Waals surface area contributed by atoms with Gasteiger partial charge in [0.05, 0.1) is 0 Å². The van der Waals surface area contributed by atoms with E-state index in [4.69, 9.17) is 4.74 Å². The highest BCUT2D eigenvalue weighted by atomic mass is 16.5. The number of ether oxygens (including phenoxy) is 1. The Morgan fingerprint density at radius 3 is 2.73 bits per heavy atom. The van der Waals surface area contributed by atoms with Crippen molar-refractivity contribution in [3.05, 3.63) is 48.2 Å². The van der Waals surface area contributed by atoms with Gasteiger partial charge in [-0.25, -0.2) is 0 Å². The summed E-state index contributed by atoms with van der Waals surface area (Å²) in [6.07, 6.45) is 14.6. The van der Waals surface area contributed by atoms with E-state index in [0.717, 1.165) is 18.6 Å². The molecule has 0 aliphatic rings. The fraction of sp³-hybridized carbons (Fsp3) is 0.308. The molecule has 2 heteroatoms. The molecule has 0 aliphatic carbocycles. The van der Waals surface area contributed by atoms with Gasteiger partial charge in [-0.3, -0.25) is 4.99 Å². The lowest BCUT2D eigenvalue weighted by molar-refractivity contribution is 0.204. The standard InChI is InChI=1S/C13H19NO/c1-4-5-6-9-13(12-14-2)10-7-8-11-15-3/h4-7,9-10,12H,2,8,11H2,1,3H3/b5-4-,9-6-,10-7-,13-12-. The molecule has 15 heavy (non-hydrogen) atoms. The van der Waals surface area contributed by atoms with Crippen molar-refractivity contribution < 1.29 is 4.74 Å². The van der Waals surface area contributed by atoms with Crippen LogP contribution in [0.3, 0.4) is 0 Å². The highest BCUT2D eigenvalue weighted by molar-refractivity contribution is 5.35. The lowest BCUT2D eigenvalue weighted by atomic mass is 10.2. The van der Waals surface area contributed by atoms with Crippen LogP contribution >= 0.6 is 0 Å². The van der Waals surface area contributed by atoms with E-state index in [-0.39, 0.29) is 0 Å².